The van der Waals surface area contributed by atoms with Gasteiger partial charge in [0.2, 0.25) is 0 Å². The molecule has 3 aromatic rings. The van der Waals surface area contributed by atoms with Crippen LogP contribution in [0.4, 0.5) is 5.82 Å². The highest BCUT2D eigenvalue weighted by Gasteiger charge is 2.26. The molecule has 7 heteroatoms. The normalized spacial score (nSPS) is 14.4. The van der Waals surface area contributed by atoms with Crippen molar-refractivity contribution >= 4 is 11.7 Å². The van der Waals surface area contributed by atoms with Gasteiger partial charge in [0.25, 0.3) is 5.91 Å². The quantitative estimate of drug-likeness (QED) is 0.700. The average Bonchev–Trinajstić information content (AvgIpc) is 3.18. The zero-order valence-corrected chi connectivity index (χ0v) is 16.2. The number of nitrogens with zero attached hydrogens (tertiary/aromatic N) is 6. The number of carbonyl (C=O) groups is 1. The Labute approximate surface area is 164 Å². The summed E-state index contributed by atoms with van der Waals surface area (Å²) in [5, 5.41) is 4.51. The van der Waals surface area contributed by atoms with Crippen molar-refractivity contribution in [1.82, 2.24) is 24.6 Å². The summed E-state index contributed by atoms with van der Waals surface area (Å²) in [6, 6.07) is 8.19. The minimum atomic E-state index is 0.0500. The lowest BCUT2D eigenvalue weighted by Crippen LogP contribution is -2.49. The second-order valence-electron chi connectivity index (χ2n) is 6.95. The first-order valence-electron chi connectivity index (χ1n) is 9.61. The number of hydrogen-bond acceptors (Lipinski definition) is 5. The van der Waals surface area contributed by atoms with Crippen LogP contribution in [0.15, 0.2) is 49.1 Å². The van der Waals surface area contributed by atoms with E-state index in [0.29, 0.717) is 18.7 Å². The molecule has 1 aliphatic rings. The summed E-state index contributed by atoms with van der Waals surface area (Å²) in [5.41, 5.74) is 3.82. The van der Waals surface area contributed by atoms with Crippen molar-refractivity contribution in [3.05, 3.63) is 65.9 Å². The molecule has 1 saturated heterocycles. The van der Waals surface area contributed by atoms with E-state index in [2.05, 4.69) is 45.9 Å². The third kappa shape index (κ3) is 3.47. The summed E-state index contributed by atoms with van der Waals surface area (Å²) in [6.07, 6.45) is 7.57. The topological polar surface area (TPSA) is 67.2 Å². The molecule has 0 spiro atoms. The molecule has 0 N–H and O–H groups in total. The number of amides is 1. The SMILES string of the molecule is CCc1c(C(=O)N2CCN(c3cnccn3)CC2)cnn1-c1ccc(C)cc1. The number of aryl methyl sites for hydroxylation is 1. The Kier molecular flexibility index (Phi) is 5.06. The summed E-state index contributed by atoms with van der Waals surface area (Å²) in [4.78, 5) is 25.7. The van der Waals surface area contributed by atoms with Crippen LogP contribution < -0.4 is 4.90 Å². The molecule has 4 rings (SSSR count). The van der Waals surface area contributed by atoms with Crippen molar-refractivity contribution in [3.63, 3.8) is 0 Å². The fourth-order valence-electron chi connectivity index (χ4n) is 3.56. The van der Waals surface area contributed by atoms with Crippen molar-refractivity contribution in [2.75, 3.05) is 31.1 Å². The van der Waals surface area contributed by atoms with Gasteiger partial charge in [-0.2, -0.15) is 5.10 Å². The molecule has 1 aromatic carbocycles. The zero-order chi connectivity index (χ0) is 19.5. The molecule has 0 unspecified atom stereocenters. The minimum Gasteiger partial charge on any atom is -0.352 e. The number of carbonyl (C=O) groups excluding carboxylic acids is 1. The largest absolute Gasteiger partial charge is 0.352 e. The number of hydrogen-bond donors (Lipinski definition) is 0. The van der Waals surface area contributed by atoms with Gasteiger partial charge in [-0.15, -0.1) is 0 Å². The van der Waals surface area contributed by atoms with Gasteiger partial charge in [0.15, 0.2) is 0 Å². The van der Waals surface area contributed by atoms with Crippen molar-refractivity contribution in [1.29, 1.82) is 0 Å². The number of aromatic nitrogens is 4. The van der Waals surface area contributed by atoms with Gasteiger partial charge in [-0.1, -0.05) is 24.6 Å². The van der Waals surface area contributed by atoms with Gasteiger partial charge in [-0.25, -0.2) is 9.67 Å². The standard InChI is InChI=1S/C21H24N6O/c1-3-19-18(14-24-27(19)17-6-4-16(2)5-7-17)21(28)26-12-10-25(11-13-26)20-15-22-8-9-23-20/h4-9,14-15H,3,10-13H2,1-2H3. The van der Waals surface area contributed by atoms with Crippen LogP contribution in [0, 0.1) is 6.92 Å². The Morgan fingerprint density at radius 3 is 2.43 bits per heavy atom. The van der Waals surface area contributed by atoms with Crippen molar-refractivity contribution < 1.29 is 4.79 Å². The van der Waals surface area contributed by atoms with E-state index in [1.165, 1.54) is 5.56 Å². The fourth-order valence-corrected chi connectivity index (χ4v) is 3.56. The maximum Gasteiger partial charge on any atom is 0.257 e. The first kappa shape index (κ1) is 18.2. The Morgan fingerprint density at radius 2 is 1.79 bits per heavy atom. The molecule has 0 bridgehead atoms. The average molecular weight is 376 g/mol. The lowest BCUT2D eigenvalue weighted by molar-refractivity contribution is 0.0745. The summed E-state index contributed by atoms with van der Waals surface area (Å²) in [5.74, 6) is 0.907. The van der Waals surface area contributed by atoms with Crippen LogP contribution in [0.3, 0.4) is 0 Å². The first-order chi connectivity index (χ1) is 13.7. The molecule has 0 saturated carbocycles. The Bertz CT molecular complexity index is 943. The molecule has 28 heavy (non-hydrogen) atoms. The highest BCUT2D eigenvalue weighted by molar-refractivity contribution is 5.95. The molecular formula is C21H24N6O. The number of benzene rings is 1. The molecule has 0 aliphatic carbocycles. The monoisotopic (exact) mass is 376 g/mol. The van der Waals surface area contributed by atoms with Gasteiger partial charge in [-0.3, -0.25) is 9.78 Å². The van der Waals surface area contributed by atoms with E-state index >= 15 is 0 Å². The van der Waals surface area contributed by atoms with E-state index in [4.69, 9.17) is 0 Å². The van der Waals surface area contributed by atoms with E-state index in [1.54, 1.807) is 24.8 Å². The third-order valence-corrected chi connectivity index (χ3v) is 5.15. The second kappa shape index (κ2) is 7.80. The maximum absolute atomic E-state index is 13.1. The smallest absolute Gasteiger partial charge is 0.257 e. The van der Waals surface area contributed by atoms with Crippen LogP contribution in [-0.2, 0) is 6.42 Å². The van der Waals surface area contributed by atoms with Gasteiger partial charge >= 0.3 is 0 Å². The van der Waals surface area contributed by atoms with Crippen LogP contribution in [0.25, 0.3) is 5.69 Å². The van der Waals surface area contributed by atoms with E-state index in [-0.39, 0.29) is 5.91 Å². The van der Waals surface area contributed by atoms with Crippen LogP contribution >= 0.6 is 0 Å². The summed E-state index contributed by atoms with van der Waals surface area (Å²) < 4.78 is 1.88. The Hall–Kier alpha value is -3.22. The number of rotatable bonds is 4. The van der Waals surface area contributed by atoms with E-state index in [0.717, 1.165) is 36.7 Å². The van der Waals surface area contributed by atoms with Gasteiger partial charge in [0.05, 0.1) is 29.3 Å². The predicted octanol–water partition coefficient (Wildman–Crippen LogP) is 2.50. The van der Waals surface area contributed by atoms with Gasteiger partial charge in [0, 0.05) is 38.6 Å². The summed E-state index contributed by atoms with van der Waals surface area (Å²) in [7, 11) is 0. The molecular weight excluding hydrogens is 352 g/mol. The highest BCUT2D eigenvalue weighted by atomic mass is 16.2. The lowest BCUT2D eigenvalue weighted by Gasteiger charge is -2.35. The van der Waals surface area contributed by atoms with Crippen molar-refractivity contribution in [2.24, 2.45) is 0 Å². The predicted molar refractivity (Wildman–Crippen MR) is 108 cm³/mol. The summed E-state index contributed by atoms with van der Waals surface area (Å²) >= 11 is 0. The van der Waals surface area contributed by atoms with Crippen LogP contribution in [0.5, 0.6) is 0 Å². The van der Waals surface area contributed by atoms with E-state index in [9.17, 15) is 4.79 Å². The van der Waals surface area contributed by atoms with Crippen LogP contribution in [-0.4, -0.2) is 56.7 Å². The highest BCUT2D eigenvalue weighted by Crippen LogP contribution is 2.20. The van der Waals surface area contributed by atoms with Crippen molar-refractivity contribution in [2.45, 2.75) is 20.3 Å². The summed E-state index contributed by atoms with van der Waals surface area (Å²) in [6.45, 7) is 6.94. The Morgan fingerprint density at radius 1 is 1.04 bits per heavy atom. The molecule has 144 valence electrons. The molecule has 7 nitrogen and oxygen atoms in total. The van der Waals surface area contributed by atoms with Crippen LogP contribution in [0.1, 0.15) is 28.5 Å². The molecule has 1 aliphatic heterocycles. The lowest BCUT2D eigenvalue weighted by atomic mass is 10.1. The Balaban J connectivity index is 1.50. The number of anilines is 1. The zero-order valence-electron chi connectivity index (χ0n) is 16.2. The molecule has 1 amide bonds. The molecule has 1 fully saturated rings. The van der Waals surface area contributed by atoms with Crippen LogP contribution in [0.2, 0.25) is 0 Å². The maximum atomic E-state index is 13.1. The first-order valence-corrected chi connectivity index (χ1v) is 9.61. The fraction of sp³-hybridized carbons (Fsp3) is 0.333. The molecule has 0 atom stereocenters. The molecule has 2 aromatic heterocycles. The van der Waals surface area contributed by atoms with E-state index in [1.807, 2.05) is 21.7 Å². The molecule has 3 heterocycles. The van der Waals surface area contributed by atoms with Crippen molar-refractivity contribution in [3.8, 4) is 5.69 Å². The van der Waals surface area contributed by atoms with Gasteiger partial charge in [-0.05, 0) is 25.5 Å². The second-order valence-corrected chi connectivity index (χ2v) is 6.95. The van der Waals surface area contributed by atoms with E-state index < -0.39 is 0 Å². The minimum absolute atomic E-state index is 0.0500. The molecule has 0 radical (unpaired) electrons. The third-order valence-electron chi connectivity index (χ3n) is 5.15. The van der Waals surface area contributed by atoms with Gasteiger partial charge in [0.1, 0.15) is 5.82 Å². The van der Waals surface area contributed by atoms with Gasteiger partial charge < -0.3 is 9.80 Å². The number of piperazine rings is 1.